The maximum atomic E-state index is 10.7. The summed E-state index contributed by atoms with van der Waals surface area (Å²) in [5, 5.41) is 8.78. The molecule has 0 atom stereocenters. The van der Waals surface area contributed by atoms with Crippen molar-refractivity contribution < 1.29 is 14.6 Å². The molecule has 0 saturated heterocycles. The average molecular weight is 323 g/mol. The lowest BCUT2D eigenvalue weighted by atomic mass is 9.99. The normalized spacial score (nSPS) is 14.9. The van der Waals surface area contributed by atoms with E-state index < -0.39 is 5.97 Å². The number of rotatable bonds is 6. The van der Waals surface area contributed by atoms with Crippen molar-refractivity contribution in [1.82, 2.24) is 4.90 Å². The summed E-state index contributed by atoms with van der Waals surface area (Å²) in [4.78, 5) is 13.0. The molecular weight excluding hydrogens is 302 g/mol. The van der Waals surface area contributed by atoms with E-state index in [0.717, 1.165) is 31.6 Å². The second-order valence-electron chi connectivity index (χ2n) is 5.87. The van der Waals surface area contributed by atoms with Crippen molar-refractivity contribution >= 4 is 11.5 Å². The topological polar surface area (TPSA) is 49.8 Å². The molecule has 124 valence electrons. The number of aliphatic carboxylic acids is 1. The fourth-order valence-electron chi connectivity index (χ4n) is 2.92. The lowest BCUT2D eigenvalue weighted by molar-refractivity contribution is -0.139. The van der Waals surface area contributed by atoms with Gasteiger partial charge in [-0.1, -0.05) is 54.6 Å². The van der Waals surface area contributed by atoms with Gasteiger partial charge in [-0.05, 0) is 23.6 Å². The fraction of sp³-hybridized carbons (Fsp3) is 0.250. The van der Waals surface area contributed by atoms with Crippen molar-refractivity contribution in [3.63, 3.8) is 0 Å². The van der Waals surface area contributed by atoms with Crippen molar-refractivity contribution in [3.8, 4) is 5.75 Å². The number of carboxylic acids is 1. The van der Waals surface area contributed by atoms with Crippen LogP contribution in [-0.4, -0.2) is 35.7 Å². The van der Waals surface area contributed by atoms with Crippen LogP contribution in [0.25, 0.3) is 5.57 Å². The molecule has 1 heterocycles. The monoisotopic (exact) mass is 323 g/mol. The molecule has 4 nitrogen and oxygen atoms in total. The molecule has 24 heavy (non-hydrogen) atoms. The van der Waals surface area contributed by atoms with Crippen LogP contribution >= 0.6 is 0 Å². The van der Waals surface area contributed by atoms with Gasteiger partial charge in [-0.15, -0.1) is 0 Å². The molecular formula is C20H21NO3. The van der Waals surface area contributed by atoms with Gasteiger partial charge in [0, 0.05) is 25.2 Å². The van der Waals surface area contributed by atoms with Crippen molar-refractivity contribution in [2.75, 3.05) is 19.7 Å². The summed E-state index contributed by atoms with van der Waals surface area (Å²) in [5.41, 5.74) is 3.71. The van der Waals surface area contributed by atoms with E-state index in [-0.39, 0.29) is 6.61 Å². The number of carbonyl (C=O) groups is 1. The molecule has 3 rings (SSSR count). The Morgan fingerprint density at radius 1 is 1.08 bits per heavy atom. The number of carboxylic acid groups (broad SMARTS) is 1. The van der Waals surface area contributed by atoms with E-state index in [1.807, 2.05) is 30.3 Å². The number of hydrogen-bond donors (Lipinski definition) is 1. The van der Waals surface area contributed by atoms with Gasteiger partial charge in [0.15, 0.2) is 6.61 Å². The zero-order valence-corrected chi connectivity index (χ0v) is 13.5. The van der Waals surface area contributed by atoms with Gasteiger partial charge in [0.1, 0.15) is 5.75 Å². The Balaban J connectivity index is 1.64. The first kappa shape index (κ1) is 16.3. The van der Waals surface area contributed by atoms with Crippen LogP contribution in [0, 0.1) is 0 Å². The first-order chi connectivity index (χ1) is 11.7. The molecule has 0 amide bonds. The van der Waals surface area contributed by atoms with E-state index in [2.05, 4.69) is 35.2 Å². The summed E-state index contributed by atoms with van der Waals surface area (Å²) in [6.07, 6.45) is 3.29. The van der Waals surface area contributed by atoms with Crippen LogP contribution in [0.3, 0.4) is 0 Å². The fourth-order valence-corrected chi connectivity index (χ4v) is 2.92. The minimum absolute atomic E-state index is 0.310. The minimum atomic E-state index is -0.960. The third-order valence-corrected chi connectivity index (χ3v) is 4.16. The third kappa shape index (κ3) is 4.24. The van der Waals surface area contributed by atoms with Crippen molar-refractivity contribution in [2.45, 2.75) is 13.0 Å². The predicted molar refractivity (Wildman–Crippen MR) is 93.9 cm³/mol. The van der Waals surface area contributed by atoms with Gasteiger partial charge in [0.05, 0.1) is 0 Å². The summed E-state index contributed by atoms with van der Waals surface area (Å²) < 4.78 is 5.39. The molecule has 2 aromatic rings. The Kier molecular flexibility index (Phi) is 5.29. The SMILES string of the molecule is O=C(O)COc1ccccc1CN1CC=C(c2ccccc2)CC1. The predicted octanol–water partition coefficient (Wildman–Crippen LogP) is 3.44. The van der Waals surface area contributed by atoms with Gasteiger partial charge in [-0.3, -0.25) is 4.90 Å². The van der Waals surface area contributed by atoms with Crippen LogP contribution < -0.4 is 4.74 Å². The Bertz CT molecular complexity index is 725. The number of ether oxygens (including phenoxy) is 1. The van der Waals surface area contributed by atoms with Gasteiger partial charge in [-0.2, -0.15) is 0 Å². The van der Waals surface area contributed by atoms with E-state index in [4.69, 9.17) is 9.84 Å². The van der Waals surface area contributed by atoms with Crippen LogP contribution in [0.15, 0.2) is 60.7 Å². The summed E-state index contributed by atoms with van der Waals surface area (Å²) >= 11 is 0. The van der Waals surface area contributed by atoms with Crippen molar-refractivity contribution in [3.05, 3.63) is 71.8 Å². The summed E-state index contributed by atoms with van der Waals surface area (Å²) in [7, 11) is 0. The van der Waals surface area contributed by atoms with Crippen LogP contribution in [0.5, 0.6) is 5.75 Å². The Hall–Kier alpha value is -2.59. The molecule has 2 aromatic carbocycles. The Morgan fingerprint density at radius 3 is 2.54 bits per heavy atom. The molecule has 0 bridgehead atoms. The quantitative estimate of drug-likeness (QED) is 0.885. The molecule has 0 aromatic heterocycles. The Morgan fingerprint density at radius 2 is 1.83 bits per heavy atom. The number of nitrogens with zero attached hydrogens (tertiary/aromatic N) is 1. The first-order valence-corrected chi connectivity index (χ1v) is 8.11. The largest absolute Gasteiger partial charge is 0.482 e. The summed E-state index contributed by atoms with van der Waals surface area (Å²) in [6.45, 7) is 2.31. The van der Waals surface area contributed by atoms with Gasteiger partial charge < -0.3 is 9.84 Å². The maximum absolute atomic E-state index is 10.7. The molecule has 0 spiro atoms. The molecule has 1 N–H and O–H groups in total. The van der Waals surface area contributed by atoms with E-state index in [0.29, 0.717) is 5.75 Å². The van der Waals surface area contributed by atoms with Crippen LogP contribution in [-0.2, 0) is 11.3 Å². The minimum Gasteiger partial charge on any atom is -0.482 e. The van der Waals surface area contributed by atoms with Gasteiger partial charge >= 0.3 is 5.97 Å². The van der Waals surface area contributed by atoms with Gasteiger partial charge in [0.25, 0.3) is 0 Å². The molecule has 0 saturated carbocycles. The van der Waals surface area contributed by atoms with Crippen LogP contribution in [0.4, 0.5) is 0 Å². The van der Waals surface area contributed by atoms with Crippen molar-refractivity contribution in [2.24, 2.45) is 0 Å². The summed E-state index contributed by atoms with van der Waals surface area (Å²) in [5.74, 6) is -0.309. The van der Waals surface area contributed by atoms with Gasteiger partial charge in [-0.25, -0.2) is 4.79 Å². The standard InChI is InChI=1S/C20H21NO3/c22-20(23)15-24-19-9-5-4-8-18(19)14-21-12-10-17(11-13-21)16-6-2-1-3-7-16/h1-10H,11-15H2,(H,22,23). The molecule has 0 unspecified atom stereocenters. The number of para-hydroxylation sites is 1. The van der Waals surface area contributed by atoms with E-state index >= 15 is 0 Å². The second kappa shape index (κ2) is 7.79. The van der Waals surface area contributed by atoms with Crippen LogP contribution in [0.1, 0.15) is 17.5 Å². The van der Waals surface area contributed by atoms with E-state index in [1.165, 1.54) is 11.1 Å². The molecule has 4 heteroatoms. The number of hydrogen-bond acceptors (Lipinski definition) is 3. The highest BCUT2D eigenvalue weighted by atomic mass is 16.5. The van der Waals surface area contributed by atoms with E-state index in [1.54, 1.807) is 0 Å². The molecule has 0 radical (unpaired) electrons. The van der Waals surface area contributed by atoms with Crippen molar-refractivity contribution in [1.29, 1.82) is 0 Å². The highest BCUT2D eigenvalue weighted by Crippen LogP contribution is 2.25. The Labute approximate surface area is 142 Å². The molecule has 1 aliphatic rings. The smallest absolute Gasteiger partial charge is 0.341 e. The lowest BCUT2D eigenvalue weighted by Gasteiger charge is -2.27. The molecule has 1 aliphatic heterocycles. The number of benzene rings is 2. The second-order valence-corrected chi connectivity index (χ2v) is 5.87. The average Bonchev–Trinajstić information content (AvgIpc) is 2.62. The maximum Gasteiger partial charge on any atom is 0.341 e. The zero-order valence-electron chi connectivity index (χ0n) is 13.5. The van der Waals surface area contributed by atoms with E-state index in [9.17, 15) is 4.79 Å². The van der Waals surface area contributed by atoms with Crippen LogP contribution in [0.2, 0.25) is 0 Å². The lowest BCUT2D eigenvalue weighted by Crippen LogP contribution is -2.28. The molecule has 0 aliphatic carbocycles. The van der Waals surface area contributed by atoms with Gasteiger partial charge in [0.2, 0.25) is 0 Å². The molecule has 0 fully saturated rings. The summed E-state index contributed by atoms with van der Waals surface area (Å²) in [6, 6.07) is 18.1. The highest BCUT2D eigenvalue weighted by Gasteiger charge is 2.15. The first-order valence-electron chi connectivity index (χ1n) is 8.11. The third-order valence-electron chi connectivity index (χ3n) is 4.16. The highest BCUT2D eigenvalue weighted by molar-refractivity contribution is 5.68. The zero-order chi connectivity index (χ0) is 16.8.